The van der Waals surface area contributed by atoms with E-state index in [0.717, 1.165) is 18.6 Å². The van der Waals surface area contributed by atoms with Gasteiger partial charge in [0, 0.05) is 43.5 Å². The number of hydrogen-bond donors (Lipinski definition) is 1. The number of hydrogen-bond acceptors (Lipinski definition) is 7. The summed E-state index contributed by atoms with van der Waals surface area (Å²) >= 11 is 0. The van der Waals surface area contributed by atoms with Gasteiger partial charge in [-0.2, -0.15) is 22.8 Å². The number of anilines is 3. The van der Waals surface area contributed by atoms with Gasteiger partial charge in [0.05, 0.1) is 17.9 Å². The lowest BCUT2D eigenvalue weighted by atomic mass is 10.1. The van der Waals surface area contributed by atoms with Crippen LogP contribution in [0.1, 0.15) is 18.9 Å². The molecule has 0 aliphatic carbocycles. The first-order valence-electron chi connectivity index (χ1n) is 9.46. The van der Waals surface area contributed by atoms with E-state index in [1.54, 1.807) is 6.07 Å². The Morgan fingerprint density at radius 3 is 2.70 bits per heavy atom. The Kier molecular flexibility index (Phi) is 5.53. The van der Waals surface area contributed by atoms with Gasteiger partial charge in [-0.3, -0.25) is 4.98 Å². The minimum Gasteiger partial charge on any atom is -0.376 e. The number of aromatic nitrogens is 5. The Hall–Kier alpha value is -3.21. The van der Waals surface area contributed by atoms with Crippen molar-refractivity contribution in [2.75, 3.05) is 29.9 Å². The van der Waals surface area contributed by atoms with Crippen LogP contribution in [0.2, 0.25) is 0 Å². The first-order chi connectivity index (χ1) is 14.4. The largest absolute Gasteiger partial charge is 0.416 e. The number of likely N-dealkylation sites (N-methyl/N-ethyl adjacent to an activating group) is 1. The van der Waals surface area contributed by atoms with Crippen molar-refractivity contribution in [3.05, 3.63) is 48.7 Å². The molecule has 0 saturated carbocycles. The second kappa shape index (κ2) is 8.27. The predicted molar refractivity (Wildman–Crippen MR) is 104 cm³/mol. The zero-order valence-corrected chi connectivity index (χ0v) is 16.2. The molecule has 0 spiro atoms. The average molecular weight is 419 g/mol. The highest BCUT2D eigenvalue weighted by molar-refractivity contribution is 5.64. The molecule has 1 N–H and O–H groups in total. The zero-order chi connectivity index (χ0) is 21.1. The van der Waals surface area contributed by atoms with Gasteiger partial charge < -0.3 is 15.0 Å². The summed E-state index contributed by atoms with van der Waals surface area (Å²) in [6.07, 6.45) is 2.41. The predicted octanol–water partition coefficient (Wildman–Crippen LogP) is 3.43. The van der Waals surface area contributed by atoms with Crippen molar-refractivity contribution in [1.82, 2.24) is 24.7 Å². The van der Waals surface area contributed by atoms with Crippen LogP contribution >= 0.6 is 0 Å². The number of rotatable bonds is 7. The highest BCUT2D eigenvalue weighted by atomic mass is 19.4. The summed E-state index contributed by atoms with van der Waals surface area (Å²) in [5, 5.41) is 7.07. The van der Waals surface area contributed by atoms with Crippen LogP contribution in [-0.2, 0) is 10.9 Å². The molecule has 1 aliphatic rings. The Morgan fingerprint density at radius 2 is 2.07 bits per heavy atom. The average Bonchev–Trinajstić information content (AvgIpc) is 3.15. The highest BCUT2D eigenvalue weighted by Crippen LogP contribution is 2.35. The molecule has 1 aromatic carbocycles. The van der Waals surface area contributed by atoms with Gasteiger partial charge in [-0.15, -0.1) is 5.10 Å². The van der Waals surface area contributed by atoms with Crippen LogP contribution in [0.4, 0.5) is 30.5 Å². The van der Waals surface area contributed by atoms with Crippen molar-refractivity contribution < 1.29 is 17.9 Å². The van der Waals surface area contributed by atoms with Crippen molar-refractivity contribution in [3.63, 3.8) is 0 Å². The van der Waals surface area contributed by atoms with Gasteiger partial charge in [0.15, 0.2) is 5.82 Å². The van der Waals surface area contributed by atoms with E-state index >= 15 is 0 Å². The molecular formula is C19H20F3N7O. The zero-order valence-electron chi connectivity index (χ0n) is 16.2. The number of alkyl halides is 3. The number of halogens is 3. The lowest BCUT2D eigenvalue weighted by molar-refractivity contribution is -0.137. The Balaban J connectivity index is 1.61. The van der Waals surface area contributed by atoms with Crippen molar-refractivity contribution in [2.24, 2.45) is 0 Å². The third-order valence-corrected chi connectivity index (χ3v) is 4.74. The minimum absolute atomic E-state index is 0.0419. The van der Waals surface area contributed by atoms with Crippen molar-refractivity contribution in [1.29, 1.82) is 0 Å². The molecule has 0 amide bonds. The standard InChI is InChI=1S/C19H20F3N7O/c1-2-28(11-16-3-6-30-16)15-8-13(19(20,21)22)7-14(9-15)26-18-25-12-29(27-18)17-10-23-4-5-24-17/h4-5,7-10,12,16H,2-3,6,11H2,1H3,(H,26,27). The van der Waals surface area contributed by atoms with Crippen molar-refractivity contribution >= 4 is 17.3 Å². The van der Waals surface area contributed by atoms with E-state index < -0.39 is 11.7 Å². The molecule has 1 saturated heterocycles. The van der Waals surface area contributed by atoms with Gasteiger partial charge in [-0.05, 0) is 31.5 Å². The number of nitrogens with one attached hydrogen (secondary N) is 1. The van der Waals surface area contributed by atoms with Gasteiger partial charge in [0.25, 0.3) is 0 Å². The third-order valence-electron chi connectivity index (χ3n) is 4.74. The van der Waals surface area contributed by atoms with Crippen molar-refractivity contribution in [2.45, 2.75) is 25.6 Å². The van der Waals surface area contributed by atoms with E-state index in [4.69, 9.17) is 4.74 Å². The fraction of sp³-hybridized carbons (Fsp3) is 0.368. The molecule has 2 aromatic heterocycles. The quantitative estimate of drug-likeness (QED) is 0.628. The maximum atomic E-state index is 13.5. The second-order valence-electron chi connectivity index (χ2n) is 6.79. The van der Waals surface area contributed by atoms with E-state index in [0.29, 0.717) is 31.2 Å². The monoisotopic (exact) mass is 419 g/mol. The van der Waals surface area contributed by atoms with Gasteiger partial charge in [-0.25, -0.2) is 4.98 Å². The molecule has 1 aliphatic heterocycles. The molecule has 158 valence electrons. The SMILES string of the molecule is CCN(CC1CCO1)c1cc(Nc2ncn(-c3cnccn3)n2)cc(C(F)(F)F)c1. The minimum atomic E-state index is -4.48. The summed E-state index contributed by atoms with van der Waals surface area (Å²) in [5.41, 5.74) is -0.0489. The molecule has 0 radical (unpaired) electrons. The van der Waals surface area contributed by atoms with Crippen LogP contribution in [0.25, 0.3) is 5.82 Å². The molecule has 30 heavy (non-hydrogen) atoms. The van der Waals surface area contributed by atoms with Gasteiger partial charge >= 0.3 is 6.18 Å². The maximum Gasteiger partial charge on any atom is 0.416 e. The van der Waals surface area contributed by atoms with Gasteiger partial charge in [0.2, 0.25) is 5.95 Å². The first kappa shape index (κ1) is 20.1. The molecule has 3 aromatic rings. The second-order valence-corrected chi connectivity index (χ2v) is 6.79. The number of nitrogens with zero attached hydrogens (tertiary/aromatic N) is 6. The molecule has 4 rings (SSSR count). The van der Waals surface area contributed by atoms with Crippen LogP contribution in [0.3, 0.4) is 0 Å². The molecule has 1 fully saturated rings. The Morgan fingerprint density at radius 1 is 1.23 bits per heavy atom. The normalized spacial score (nSPS) is 16.2. The van der Waals surface area contributed by atoms with E-state index in [-0.39, 0.29) is 17.7 Å². The van der Waals surface area contributed by atoms with Crippen LogP contribution in [-0.4, -0.2) is 50.5 Å². The fourth-order valence-corrected chi connectivity index (χ4v) is 3.09. The van der Waals surface area contributed by atoms with Crippen LogP contribution < -0.4 is 10.2 Å². The van der Waals surface area contributed by atoms with Crippen LogP contribution in [0.15, 0.2) is 43.1 Å². The number of ether oxygens (including phenoxy) is 1. The van der Waals surface area contributed by atoms with Gasteiger partial charge in [-0.1, -0.05) is 0 Å². The Labute approximate surface area is 170 Å². The Bertz CT molecular complexity index is 989. The smallest absolute Gasteiger partial charge is 0.376 e. The van der Waals surface area contributed by atoms with E-state index in [1.807, 2.05) is 11.8 Å². The lowest BCUT2D eigenvalue weighted by Gasteiger charge is -2.33. The van der Waals surface area contributed by atoms with Crippen molar-refractivity contribution in [3.8, 4) is 5.82 Å². The summed E-state index contributed by atoms with van der Waals surface area (Å²) in [6.45, 7) is 3.69. The maximum absolute atomic E-state index is 13.5. The van der Waals surface area contributed by atoms with E-state index in [2.05, 4.69) is 25.4 Å². The third kappa shape index (κ3) is 4.51. The molecular weight excluding hydrogens is 399 g/mol. The lowest BCUT2D eigenvalue weighted by Crippen LogP contribution is -2.40. The summed E-state index contributed by atoms with van der Waals surface area (Å²) in [7, 11) is 0. The molecule has 8 nitrogen and oxygen atoms in total. The van der Waals surface area contributed by atoms with E-state index in [1.165, 1.54) is 29.6 Å². The molecule has 11 heteroatoms. The summed E-state index contributed by atoms with van der Waals surface area (Å²) < 4.78 is 47.3. The van der Waals surface area contributed by atoms with E-state index in [9.17, 15) is 13.2 Å². The van der Waals surface area contributed by atoms with Gasteiger partial charge in [0.1, 0.15) is 6.33 Å². The summed E-state index contributed by atoms with van der Waals surface area (Å²) in [5.74, 6) is 0.594. The van der Waals surface area contributed by atoms with Crippen LogP contribution in [0.5, 0.6) is 0 Å². The topological polar surface area (TPSA) is 81.0 Å². The summed E-state index contributed by atoms with van der Waals surface area (Å²) in [4.78, 5) is 14.0. The molecule has 3 heterocycles. The molecule has 1 unspecified atom stereocenters. The highest BCUT2D eigenvalue weighted by Gasteiger charge is 2.32. The van der Waals surface area contributed by atoms with Crippen LogP contribution in [0, 0.1) is 0 Å². The fourth-order valence-electron chi connectivity index (χ4n) is 3.09. The molecule has 0 bridgehead atoms. The first-order valence-corrected chi connectivity index (χ1v) is 9.46. The molecule has 1 atom stereocenters. The summed E-state index contributed by atoms with van der Waals surface area (Å²) in [6, 6.07) is 3.85. The number of benzene rings is 1.